The van der Waals surface area contributed by atoms with E-state index in [-0.39, 0.29) is 0 Å². The summed E-state index contributed by atoms with van der Waals surface area (Å²) in [6.45, 7) is 1.92. The predicted octanol–water partition coefficient (Wildman–Crippen LogP) is 4.71. The summed E-state index contributed by atoms with van der Waals surface area (Å²) in [6, 6.07) is 7.20. The van der Waals surface area contributed by atoms with Gasteiger partial charge in [0.25, 0.3) is 0 Å². The number of carbonyl (C=O) groups is 1. The number of hydrogen-bond acceptors (Lipinski definition) is 6. The fourth-order valence-electron chi connectivity index (χ4n) is 3.13. The molecule has 138 valence electrons. The molecule has 0 amide bonds. The maximum atomic E-state index is 11.7. The second-order valence-corrected chi connectivity index (χ2v) is 6.92. The number of hydrogen-bond donors (Lipinski definition) is 2. The molecule has 1 aromatic heterocycles. The van der Waals surface area contributed by atoms with Crippen LogP contribution in [0.1, 0.15) is 48.2 Å². The molecule has 1 aliphatic rings. The monoisotopic (exact) mass is 374 g/mol. The van der Waals surface area contributed by atoms with Crippen molar-refractivity contribution in [1.82, 2.24) is 9.97 Å². The van der Waals surface area contributed by atoms with Crippen LogP contribution in [0, 0.1) is 6.92 Å². The lowest BCUT2D eigenvalue weighted by molar-refractivity contribution is 0.0601. The van der Waals surface area contributed by atoms with Crippen LogP contribution in [0.5, 0.6) is 0 Å². The molecule has 3 rings (SSSR count). The molecule has 6 nitrogen and oxygen atoms in total. The minimum atomic E-state index is -0.414. The van der Waals surface area contributed by atoms with Crippen molar-refractivity contribution in [2.24, 2.45) is 0 Å². The van der Waals surface area contributed by atoms with Gasteiger partial charge in [0.1, 0.15) is 5.82 Å². The number of carbonyl (C=O) groups excluding carboxylic acids is 1. The zero-order valence-corrected chi connectivity index (χ0v) is 15.8. The smallest absolute Gasteiger partial charge is 0.337 e. The number of ether oxygens (including phenoxy) is 1. The van der Waals surface area contributed by atoms with Gasteiger partial charge in [0.2, 0.25) is 5.95 Å². The van der Waals surface area contributed by atoms with Crippen molar-refractivity contribution in [2.75, 3.05) is 17.7 Å². The highest BCUT2D eigenvalue weighted by Crippen LogP contribution is 2.27. The molecule has 26 heavy (non-hydrogen) atoms. The predicted molar refractivity (Wildman–Crippen MR) is 103 cm³/mol. The average Bonchev–Trinajstić information content (AvgIpc) is 2.63. The first kappa shape index (κ1) is 18.5. The van der Waals surface area contributed by atoms with E-state index in [1.807, 2.05) is 13.0 Å². The third kappa shape index (κ3) is 4.64. The van der Waals surface area contributed by atoms with E-state index in [4.69, 9.17) is 16.3 Å². The van der Waals surface area contributed by atoms with E-state index in [0.29, 0.717) is 34.1 Å². The van der Waals surface area contributed by atoms with Crippen molar-refractivity contribution >= 4 is 35.0 Å². The summed E-state index contributed by atoms with van der Waals surface area (Å²) in [5, 5.41) is 7.11. The van der Waals surface area contributed by atoms with Gasteiger partial charge >= 0.3 is 5.97 Å². The Morgan fingerprint density at radius 2 is 1.96 bits per heavy atom. The van der Waals surface area contributed by atoms with Crippen LogP contribution in [0.25, 0.3) is 0 Å². The van der Waals surface area contributed by atoms with Gasteiger partial charge in [-0.1, -0.05) is 30.9 Å². The SMILES string of the molecule is COC(=O)c1ccc(Cl)c(Nc2cc(C)nc(NC3CCCCC3)n2)c1. The van der Waals surface area contributed by atoms with Gasteiger partial charge in [-0.05, 0) is 38.0 Å². The van der Waals surface area contributed by atoms with Crippen LogP contribution in [0.2, 0.25) is 5.02 Å². The van der Waals surface area contributed by atoms with Gasteiger partial charge in [0, 0.05) is 17.8 Å². The number of nitrogens with zero attached hydrogens (tertiary/aromatic N) is 2. The van der Waals surface area contributed by atoms with Crippen LogP contribution in [0.3, 0.4) is 0 Å². The zero-order chi connectivity index (χ0) is 18.5. The number of anilines is 3. The molecule has 0 atom stereocenters. The number of methoxy groups -OCH3 is 1. The van der Waals surface area contributed by atoms with E-state index in [2.05, 4.69) is 20.6 Å². The third-order valence-electron chi connectivity index (χ3n) is 4.44. The molecule has 0 bridgehead atoms. The van der Waals surface area contributed by atoms with E-state index in [0.717, 1.165) is 18.5 Å². The van der Waals surface area contributed by atoms with E-state index < -0.39 is 5.97 Å². The van der Waals surface area contributed by atoms with E-state index in [9.17, 15) is 4.79 Å². The van der Waals surface area contributed by atoms with Crippen molar-refractivity contribution in [2.45, 2.75) is 45.1 Å². The molecule has 0 radical (unpaired) electrons. The Kier molecular flexibility index (Phi) is 5.93. The molecule has 1 aliphatic carbocycles. The summed E-state index contributed by atoms with van der Waals surface area (Å²) in [5.41, 5.74) is 1.86. The summed E-state index contributed by atoms with van der Waals surface area (Å²) >= 11 is 6.26. The molecule has 2 N–H and O–H groups in total. The molecule has 1 aromatic carbocycles. The van der Waals surface area contributed by atoms with Crippen LogP contribution in [0.15, 0.2) is 24.3 Å². The highest BCUT2D eigenvalue weighted by molar-refractivity contribution is 6.33. The summed E-state index contributed by atoms with van der Waals surface area (Å²) in [7, 11) is 1.35. The molecule has 0 aliphatic heterocycles. The largest absolute Gasteiger partial charge is 0.465 e. The fourth-order valence-corrected chi connectivity index (χ4v) is 3.30. The third-order valence-corrected chi connectivity index (χ3v) is 4.77. The van der Waals surface area contributed by atoms with Crippen LogP contribution in [0.4, 0.5) is 17.5 Å². The Morgan fingerprint density at radius 1 is 1.19 bits per heavy atom. The molecular weight excluding hydrogens is 352 g/mol. The van der Waals surface area contributed by atoms with Gasteiger partial charge < -0.3 is 15.4 Å². The first-order valence-corrected chi connectivity index (χ1v) is 9.20. The summed E-state index contributed by atoms with van der Waals surface area (Å²) in [6.07, 6.45) is 6.07. The lowest BCUT2D eigenvalue weighted by atomic mass is 9.96. The van der Waals surface area contributed by atoms with Gasteiger partial charge in [-0.25, -0.2) is 9.78 Å². The van der Waals surface area contributed by atoms with Crippen molar-refractivity contribution in [3.8, 4) is 0 Å². The van der Waals surface area contributed by atoms with Crippen molar-refractivity contribution in [3.63, 3.8) is 0 Å². The van der Waals surface area contributed by atoms with Crippen LogP contribution >= 0.6 is 11.6 Å². The second kappa shape index (κ2) is 8.36. The topological polar surface area (TPSA) is 76.1 Å². The van der Waals surface area contributed by atoms with Crippen LogP contribution in [-0.2, 0) is 4.74 Å². The van der Waals surface area contributed by atoms with E-state index in [1.54, 1.807) is 18.2 Å². The Bertz CT molecular complexity index is 791. The number of benzene rings is 1. The Morgan fingerprint density at radius 3 is 2.69 bits per heavy atom. The zero-order valence-electron chi connectivity index (χ0n) is 15.0. The van der Waals surface area contributed by atoms with Gasteiger partial charge in [-0.15, -0.1) is 0 Å². The number of nitrogens with one attached hydrogen (secondary N) is 2. The summed E-state index contributed by atoms with van der Waals surface area (Å²) in [4.78, 5) is 20.8. The Labute approximate surface area is 158 Å². The minimum Gasteiger partial charge on any atom is -0.465 e. The second-order valence-electron chi connectivity index (χ2n) is 6.51. The fraction of sp³-hybridized carbons (Fsp3) is 0.421. The molecule has 1 heterocycles. The highest BCUT2D eigenvalue weighted by atomic mass is 35.5. The van der Waals surface area contributed by atoms with Gasteiger partial charge in [0.15, 0.2) is 0 Å². The number of aromatic nitrogens is 2. The first-order valence-electron chi connectivity index (χ1n) is 8.82. The van der Waals surface area contributed by atoms with Crippen molar-refractivity contribution < 1.29 is 9.53 Å². The molecule has 7 heteroatoms. The molecule has 0 saturated heterocycles. The van der Waals surface area contributed by atoms with Gasteiger partial charge in [-0.2, -0.15) is 4.98 Å². The normalized spacial score (nSPS) is 14.7. The molecular formula is C19H23ClN4O2. The Hall–Kier alpha value is -2.34. The quantitative estimate of drug-likeness (QED) is 0.738. The molecule has 1 saturated carbocycles. The molecule has 2 aromatic rings. The number of rotatable bonds is 5. The number of esters is 1. The number of halogens is 1. The average molecular weight is 375 g/mol. The van der Waals surface area contributed by atoms with Crippen LogP contribution < -0.4 is 10.6 Å². The van der Waals surface area contributed by atoms with Crippen LogP contribution in [-0.4, -0.2) is 29.1 Å². The first-order chi connectivity index (χ1) is 12.5. The molecule has 0 unspecified atom stereocenters. The summed E-state index contributed by atoms with van der Waals surface area (Å²) < 4.78 is 4.76. The lowest BCUT2D eigenvalue weighted by Gasteiger charge is -2.23. The van der Waals surface area contributed by atoms with Crippen molar-refractivity contribution in [3.05, 3.63) is 40.5 Å². The van der Waals surface area contributed by atoms with E-state index in [1.165, 1.54) is 26.4 Å². The minimum absolute atomic E-state index is 0.414. The summed E-state index contributed by atoms with van der Waals surface area (Å²) in [5.74, 6) is 0.822. The Balaban J connectivity index is 1.80. The highest BCUT2D eigenvalue weighted by Gasteiger charge is 2.15. The molecule has 0 spiro atoms. The van der Waals surface area contributed by atoms with Crippen molar-refractivity contribution in [1.29, 1.82) is 0 Å². The standard InChI is InChI=1S/C19H23ClN4O2/c1-12-10-17(24-19(21-12)22-14-6-4-3-5-7-14)23-16-11-13(18(25)26-2)8-9-15(16)20/h8-11,14H,3-7H2,1-2H3,(H2,21,22,23,24). The van der Waals surface area contributed by atoms with Gasteiger partial charge in [0.05, 0.1) is 23.4 Å². The maximum Gasteiger partial charge on any atom is 0.337 e. The van der Waals surface area contributed by atoms with Gasteiger partial charge in [-0.3, -0.25) is 0 Å². The maximum absolute atomic E-state index is 11.7. The van der Waals surface area contributed by atoms with E-state index >= 15 is 0 Å². The molecule has 1 fully saturated rings. The lowest BCUT2D eigenvalue weighted by Crippen LogP contribution is -2.23. The number of aryl methyl sites for hydroxylation is 1.